The molecular formula is C12H21NO4. The smallest absolute Gasteiger partial charge is 0.407 e. The van der Waals surface area contributed by atoms with Crippen molar-refractivity contribution in [2.24, 2.45) is 5.92 Å². The predicted octanol–water partition coefficient (Wildman–Crippen LogP) is 2.15. The molecule has 1 aliphatic carbocycles. The number of alkyl carbamates (subject to hydrolysis) is 1. The lowest BCUT2D eigenvalue weighted by Gasteiger charge is -2.28. The molecule has 5 heteroatoms. The van der Waals surface area contributed by atoms with E-state index in [0.29, 0.717) is 12.8 Å². The third kappa shape index (κ3) is 5.06. The van der Waals surface area contributed by atoms with Gasteiger partial charge < -0.3 is 15.2 Å². The van der Waals surface area contributed by atoms with E-state index in [4.69, 9.17) is 9.84 Å². The first-order valence-electron chi connectivity index (χ1n) is 6.00. The third-order valence-corrected chi connectivity index (χ3v) is 2.74. The Kier molecular flexibility index (Phi) is 4.37. The Morgan fingerprint density at radius 2 is 1.94 bits per heavy atom. The van der Waals surface area contributed by atoms with Crippen molar-refractivity contribution in [1.29, 1.82) is 0 Å². The van der Waals surface area contributed by atoms with Gasteiger partial charge in [-0.1, -0.05) is 6.42 Å². The van der Waals surface area contributed by atoms with Crippen molar-refractivity contribution >= 4 is 12.1 Å². The highest BCUT2D eigenvalue weighted by Crippen LogP contribution is 2.24. The average Bonchev–Trinajstić information content (AvgIpc) is 2.14. The van der Waals surface area contributed by atoms with E-state index in [9.17, 15) is 9.59 Å². The summed E-state index contributed by atoms with van der Waals surface area (Å²) in [5.41, 5.74) is -0.523. The first-order valence-corrected chi connectivity index (χ1v) is 6.00. The van der Waals surface area contributed by atoms with Crippen molar-refractivity contribution in [3.05, 3.63) is 0 Å². The molecule has 0 aliphatic heterocycles. The number of rotatable bonds is 2. The van der Waals surface area contributed by atoms with E-state index in [2.05, 4.69) is 5.32 Å². The van der Waals surface area contributed by atoms with Gasteiger partial charge in [-0.2, -0.15) is 0 Å². The number of hydrogen-bond acceptors (Lipinski definition) is 3. The standard InChI is InChI=1S/C12H21NO4/c1-12(2,3)17-11(16)13-9-6-4-5-8(7-9)10(14)15/h8-9H,4-7H2,1-3H3,(H,13,16)(H,14,15)/t8-,9?/m0/s1. The van der Waals surface area contributed by atoms with Gasteiger partial charge in [0.1, 0.15) is 5.60 Å². The molecular weight excluding hydrogens is 222 g/mol. The molecule has 2 N–H and O–H groups in total. The number of carboxylic acids is 1. The number of carbonyl (C=O) groups is 2. The van der Waals surface area contributed by atoms with Crippen LogP contribution in [0.25, 0.3) is 0 Å². The molecule has 1 aliphatic rings. The van der Waals surface area contributed by atoms with Crippen molar-refractivity contribution in [3.8, 4) is 0 Å². The zero-order chi connectivity index (χ0) is 13.1. The predicted molar refractivity (Wildman–Crippen MR) is 62.8 cm³/mol. The molecule has 0 saturated heterocycles. The molecule has 0 spiro atoms. The highest BCUT2D eigenvalue weighted by atomic mass is 16.6. The molecule has 1 unspecified atom stereocenters. The van der Waals surface area contributed by atoms with Crippen LogP contribution in [0.4, 0.5) is 4.79 Å². The lowest BCUT2D eigenvalue weighted by atomic mass is 9.86. The maximum absolute atomic E-state index is 11.5. The fourth-order valence-corrected chi connectivity index (χ4v) is 2.02. The molecule has 0 heterocycles. The van der Waals surface area contributed by atoms with Crippen LogP contribution in [-0.2, 0) is 9.53 Å². The topological polar surface area (TPSA) is 75.6 Å². The van der Waals surface area contributed by atoms with E-state index in [-0.39, 0.29) is 12.0 Å². The molecule has 2 atom stereocenters. The lowest BCUT2D eigenvalue weighted by Crippen LogP contribution is -2.42. The second-order valence-electron chi connectivity index (χ2n) is 5.54. The van der Waals surface area contributed by atoms with Gasteiger partial charge in [-0.3, -0.25) is 4.79 Å². The van der Waals surface area contributed by atoms with E-state index >= 15 is 0 Å². The summed E-state index contributed by atoms with van der Waals surface area (Å²) in [6.07, 6.45) is 2.38. The molecule has 1 saturated carbocycles. The summed E-state index contributed by atoms with van der Waals surface area (Å²) in [7, 11) is 0. The van der Waals surface area contributed by atoms with Crippen LogP contribution in [0, 0.1) is 5.92 Å². The summed E-state index contributed by atoms with van der Waals surface area (Å²) < 4.78 is 5.14. The van der Waals surface area contributed by atoms with Crippen molar-refractivity contribution in [2.75, 3.05) is 0 Å². The molecule has 98 valence electrons. The van der Waals surface area contributed by atoms with Crippen LogP contribution in [0.2, 0.25) is 0 Å². The van der Waals surface area contributed by atoms with E-state index < -0.39 is 17.7 Å². The first-order chi connectivity index (χ1) is 7.78. The highest BCUT2D eigenvalue weighted by molar-refractivity contribution is 5.71. The van der Waals surface area contributed by atoms with E-state index in [1.165, 1.54) is 0 Å². The van der Waals surface area contributed by atoms with Gasteiger partial charge in [0.25, 0.3) is 0 Å². The molecule has 0 aromatic heterocycles. The van der Waals surface area contributed by atoms with Crippen LogP contribution in [0.3, 0.4) is 0 Å². The van der Waals surface area contributed by atoms with Gasteiger partial charge in [-0.15, -0.1) is 0 Å². The van der Waals surface area contributed by atoms with Gasteiger partial charge in [0.05, 0.1) is 5.92 Å². The average molecular weight is 243 g/mol. The Labute approximate surface area is 102 Å². The Bertz CT molecular complexity index is 295. The largest absolute Gasteiger partial charge is 0.481 e. The monoisotopic (exact) mass is 243 g/mol. The fourth-order valence-electron chi connectivity index (χ4n) is 2.02. The SMILES string of the molecule is CC(C)(C)OC(=O)NC1CCC[C@H](C(=O)O)C1. The number of nitrogens with one attached hydrogen (secondary N) is 1. The first kappa shape index (κ1) is 13.8. The Balaban J connectivity index is 2.41. The molecule has 1 amide bonds. The van der Waals surface area contributed by atoms with Crippen molar-refractivity contribution in [1.82, 2.24) is 5.32 Å². The van der Waals surface area contributed by atoms with Crippen LogP contribution in [-0.4, -0.2) is 28.8 Å². The number of ether oxygens (including phenoxy) is 1. The third-order valence-electron chi connectivity index (χ3n) is 2.74. The van der Waals surface area contributed by atoms with Crippen molar-refractivity contribution in [2.45, 2.75) is 58.1 Å². The van der Waals surface area contributed by atoms with Crippen molar-refractivity contribution < 1.29 is 19.4 Å². The molecule has 5 nitrogen and oxygen atoms in total. The Morgan fingerprint density at radius 3 is 2.47 bits per heavy atom. The number of carbonyl (C=O) groups excluding carboxylic acids is 1. The Morgan fingerprint density at radius 1 is 1.29 bits per heavy atom. The zero-order valence-electron chi connectivity index (χ0n) is 10.7. The summed E-state index contributed by atoms with van der Waals surface area (Å²) >= 11 is 0. The second kappa shape index (κ2) is 5.38. The maximum atomic E-state index is 11.5. The van der Waals surface area contributed by atoms with Crippen molar-refractivity contribution in [3.63, 3.8) is 0 Å². The minimum Gasteiger partial charge on any atom is -0.481 e. The fraction of sp³-hybridized carbons (Fsp3) is 0.833. The van der Waals surface area contributed by atoms with Crippen LogP contribution >= 0.6 is 0 Å². The zero-order valence-corrected chi connectivity index (χ0v) is 10.7. The molecule has 0 radical (unpaired) electrons. The summed E-state index contributed by atoms with van der Waals surface area (Å²) in [6.45, 7) is 5.40. The van der Waals surface area contributed by atoms with E-state index in [1.807, 2.05) is 0 Å². The number of aliphatic carboxylic acids is 1. The van der Waals surface area contributed by atoms with Crippen LogP contribution in [0.15, 0.2) is 0 Å². The second-order valence-corrected chi connectivity index (χ2v) is 5.54. The molecule has 1 rings (SSSR count). The maximum Gasteiger partial charge on any atom is 0.407 e. The number of hydrogen-bond donors (Lipinski definition) is 2. The Hall–Kier alpha value is -1.26. The summed E-state index contributed by atoms with van der Waals surface area (Å²) in [5, 5.41) is 11.7. The summed E-state index contributed by atoms with van der Waals surface area (Å²) in [6, 6.07) is -0.0836. The molecule has 17 heavy (non-hydrogen) atoms. The van der Waals surface area contributed by atoms with Crippen LogP contribution in [0.5, 0.6) is 0 Å². The quantitative estimate of drug-likeness (QED) is 0.779. The number of carboxylic acid groups (broad SMARTS) is 1. The van der Waals surface area contributed by atoms with Gasteiger partial charge in [-0.05, 0) is 40.0 Å². The minimum atomic E-state index is -0.777. The van der Waals surface area contributed by atoms with Crippen LogP contribution in [0.1, 0.15) is 46.5 Å². The minimum absolute atomic E-state index is 0.0836. The molecule has 0 aromatic carbocycles. The normalized spacial score (nSPS) is 25.1. The van der Waals surface area contributed by atoms with Gasteiger partial charge >= 0.3 is 12.1 Å². The van der Waals surface area contributed by atoms with E-state index in [0.717, 1.165) is 12.8 Å². The lowest BCUT2D eigenvalue weighted by molar-refractivity contribution is -0.143. The highest BCUT2D eigenvalue weighted by Gasteiger charge is 2.28. The van der Waals surface area contributed by atoms with Gasteiger partial charge in [-0.25, -0.2) is 4.79 Å². The molecule has 1 fully saturated rings. The summed E-state index contributed by atoms with van der Waals surface area (Å²) in [5.74, 6) is -1.12. The van der Waals surface area contributed by atoms with Gasteiger partial charge in [0, 0.05) is 6.04 Å². The molecule has 0 bridgehead atoms. The molecule has 0 aromatic rings. The number of amides is 1. The summed E-state index contributed by atoms with van der Waals surface area (Å²) in [4.78, 5) is 22.4. The van der Waals surface area contributed by atoms with Gasteiger partial charge in [0.15, 0.2) is 0 Å². The van der Waals surface area contributed by atoms with Crippen LogP contribution < -0.4 is 5.32 Å². The van der Waals surface area contributed by atoms with E-state index in [1.54, 1.807) is 20.8 Å². The van der Waals surface area contributed by atoms with Gasteiger partial charge in [0.2, 0.25) is 0 Å².